The summed E-state index contributed by atoms with van der Waals surface area (Å²) in [5, 5.41) is 13.4. The number of benzene rings is 1. The van der Waals surface area contributed by atoms with Crippen LogP contribution < -0.4 is 10.0 Å². The Morgan fingerprint density at radius 2 is 2.19 bits per heavy atom. The number of phenolic OH excluding ortho intramolecular Hbond substituents is 1. The summed E-state index contributed by atoms with van der Waals surface area (Å²) in [6, 6.07) is 3.50. The molecule has 5 nitrogen and oxygen atoms in total. The summed E-state index contributed by atoms with van der Waals surface area (Å²) >= 11 is 0. The molecule has 21 heavy (non-hydrogen) atoms. The third-order valence-electron chi connectivity index (χ3n) is 4.12. The van der Waals surface area contributed by atoms with Crippen molar-refractivity contribution in [1.29, 1.82) is 0 Å². The first kappa shape index (κ1) is 14.3. The number of fused-ring (bicyclic) bond motifs is 1. The van der Waals surface area contributed by atoms with Gasteiger partial charge in [0.1, 0.15) is 5.75 Å². The van der Waals surface area contributed by atoms with Crippen molar-refractivity contribution in [1.82, 2.24) is 5.32 Å². The van der Waals surface area contributed by atoms with Gasteiger partial charge < -0.3 is 10.4 Å². The van der Waals surface area contributed by atoms with E-state index in [0.29, 0.717) is 5.69 Å². The van der Waals surface area contributed by atoms with Gasteiger partial charge in [0.05, 0.1) is 11.9 Å². The Balaban J connectivity index is 2.06. The Morgan fingerprint density at radius 3 is 2.86 bits per heavy atom. The van der Waals surface area contributed by atoms with E-state index in [-0.39, 0.29) is 11.7 Å². The van der Waals surface area contributed by atoms with E-state index in [1.165, 1.54) is 5.70 Å². The van der Waals surface area contributed by atoms with Crippen LogP contribution in [0.15, 0.2) is 23.9 Å². The summed E-state index contributed by atoms with van der Waals surface area (Å²) < 4.78 is 25.5. The molecule has 0 saturated carbocycles. The first-order valence-electron chi connectivity index (χ1n) is 7.22. The number of sulfonamides is 1. The van der Waals surface area contributed by atoms with Crippen LogP contribution in [0.5, 0.6) is 5.75 Å². The van der Waals surface area contributed by atoms with Gasteiger partial charge in [-0.05, 0) is 42.9 Å². The van der Waals surface area contributed by atoms with Gasteiger partial charge in [0.15, 0.2) is 0 Å². The van der Waals surface area contributed by atoms with Crippen LogP contribution in [-0.4, -0.2) is 26.3 Å². The number of allylic oxidation sites excluding steroid dienone is 1. The molecule has 0 fully saturated rings. The largest absolute Gasteiger partial charge is 0.506 e. The molecule has 0 bridgehead atoms. The van der Waals surface area contributed by atoms with Crippen LogP contribution in [-0.2, 0) is 16.4 Å². The lowest BCUT2D eigenvalue weighted by atomic mass is 9.80. The number of hydrogen-bond acceptors (Lipinski definition) is 4. The molecule has 3 N–H and O–H groups in total. The van der Waals surface area contributed by atoms with E-state index in [1.807, 2.05) is 6.07 Å². The van der Waals surface area contributed by atoms with E-state index < -0.39 is 10.0 Å². The summed E-state index contributed by atoms with van der Waals surface area (Å²) in [5.41, 5.74) is 3.61. The lowest BCUT2D eigenvalue weighted by Crippen LogP contribution is -2.21. The SMILES string of the molecule is CS(=O)(=O)Nc1c(O)ccc2c1CCCC2C1=CCCN1. The third-order valence-corrected chi connectivity index (χ3v) is 4.70. The van der Waals surface area contributed by atoms with Gasteiger partial charge in [-0.25, -0.2) is 8.42 Å². The van der Waals surface area contributed by atoms with Crippen molar-refractivity contribution < 1.29 is 13.5 Å². The molecule has 0 amide bonds. The number of aromatic hydroxyl groups is 1. The van der Waals surface area contributed by atoms with E-state index in [4.69, 9.17) is 0 Å². The van der Waals surface area contributed by atoms with Gasteiger partial charge in [0.25, 0.3) is 0 Å². The maximum atomic E-state index is 11.5. The highest BCUT2D eigenvalue weighted by atomic mass is 32.2. The molecule has 0 saturated heterocycles. The molecule has 1 aromatic rings. The van der Waals surface area contributed by atoms with Crippen molar-refractivity contribution in [2.75, 3.05) is 17.5 Å². The van der Waals surface area contributed by atoms with Crippen molar-refractivity contribution in [2.45, 2.75) is 31.6 Å². The van der Waals surface area contributed by atoms with Gasteiger partial charge in [-0.15, -0.1) is 0 Å². The molecule has 1 atom stereocenters. The molecule has 0 aromatic heterocycles. The Morgan fingerprint density at radius 1 is 1.38 bits per heavy atom. The lowest BCUT2D eigenvalue weighted by molar-refractivity contribution is 0.474. The van der Waals surface area contributed by atoms with Crippen LogP contribution in [0, 0.1) is 0 Å². The predicted octanol–water partition coefficient (Wildman–Crippen LogP) is 2.06. The number of rotatable bonds is 3. The van der Waals surface area contributed by atoms with Crippen LogP contribution in [0.25, 0.3) is 0 Å². The summed E-state index contributed by atoms with van der Waals surface area (Å²) in [6.45, 7) is 0.966. The molecule has 1 unspecified atom stereocenters. The number of nitrogens with one attached hydrogen (secondary N) is 2. The molecule has 3 rings (SSSR count). The van der Waals surface area contributed by atoms with E-state index in [1.54, 1.807) is 6.07 Å². The highest BCUT2D eigenvalue weighted by Crippen LogP contribution is 2.43. The van der Waals surface area contributed by atoms with Gasteiger partial charge in [-0.2, -0.15) is 0 Å². The van der Waals surface area contributed by atoms with Crippen LogP contribution in [0.1, 0.15) is 36.3 Å². The Kier molecular flexibility index (Phi) is 3.57. The average Bonchev–Trinajstić information content (AvgIpc) is 2.94. The standard InChI is InChI=1S/C15H20N2O3S/c1-21(19,20)17-15-12-5-2-4-11(13-6-3-9-16-13)10(12)7-8-14(15)18/h6-8,11,16-18H,2-5,9H2,1H3. The van der Waals surface area contributed by atoms with Crippen molar-refractivity contribution in [3.05, 3.63) is 35.0 Å². The van der Waals surface area contributed by atoms with Gasteiger partial charge in [0, 0.05) is 18.2 Å². The minimum Gasteiger partial charge on any atom is -0.506 e. The second kappa shape index (κ2) is 5.26. The Hall–Kier alpha value is -1.69. The molecule has 1 aliphatic heterocycles. The fourth-order valence-electron chi connectivity index (χ4n) is 3.29. The van der Waals surface area contributed by atoms with Crippen LogP contribution in [0.4, 0.5) is 5.69 Å². The maximum Gasteiger partial charge on any atom is 0.229 e. The molecule has 1 heterocycles. The molecular weight excluding hydrogens is 288 g/mol. The van der Waals surface area contributed by atoms with Crippen molar-refractivity contribution >= 4 is 15.7 Å². The maximum absolute atomic E-state index is 11.5. The normalized spacial score (nSPS) is 21.4. The summed E-state index contributed by atoms with van der Waals surface area (Å²) in [5.74, 6) is 0.269. The third kappa shape index (κ3) is 2.85. The number of hydrogen-bond donors (Lipinski definition) is 3. The summed E-state index contributed by atoms with van der Waals surface area (Å²) in [4.78, 5) is 0. The zero-order valence-corrected chi connectivity index (χ0v) is 12.8. The smallest absolute Gasteiger partial charge is 0.229 e. The minimum absolute atomic E-state index is 0.00631. The highest BCUT2D eigenvalue weighted by Gasteiger charge is 2.28. The molecule has 1 aromatic carbocycles. The van der Waals surface area contributed by atoms with Crippen molar-refractivity contribution in [2.24, 2.45) is 0 Å². The van der Waals surface area contributed by atoms with E-state index in [9.17, 15) is 13.5 Å². The van der Waals surface area contributed by atoms with Crippen LogP contribution in [0.2, 0.25) is 0 Å². The topological polar surface area (TPSA) is 78.4 Å². The van der Waals surface area contributed by atoms with E-state index in [2.05, 4.69) is 16.1 Å². The molecule has 0 spiro atoms. The van der Waals surface area contributed by atoms with Gasteiger partial charge in [-0.3, -0.25) is 4.72 Å². The average molecular weight is 308 g/mol. The van der Waals surface area contributed by atoms with Gasteiger partial charge in [-0.1, -0.05) is 12.1 Å². The summed E-state index contributed by atoms with van der Waals surface area (Å²) in [6.07, 6.45) is 7.18. The lowest BCUT2D eigenvalue weighted by Gasteiger charge is -2.29. The minimum atomic E-state index is -3.41. The van der Waals surface area contributed by atoms with Gasteiger partial charge in [0.2, 0.25) is 10.0 Å². The quantitative estimate of drug-likeness (QED) is 0.747. The molecule has 1 aliphatic carbocycles. The fourth-order valence-corrected chi connectivity index (χ4v) is 3.89. The van der Waals surface area contributed by atoms with Crippen molar-refractivity contribution in [3.8, 4) is 5.75 Å². The van der Waals surface area contributed by atoms with Crippen LogP contribution in [0.3, 0.4) is 0 Å². The van der Waals surface area contributed by atoms with E-state index >= 15 is 0 Å². The first-order valence-corrected chi connectivity index (χ1v) is 9.11. The Labute approximate surface area is 125 Å². The zero-order chi connectivity index (χ0) is 15.0. The second-order valence-electron chi connectivity index (χ2n) is 5.72. The molecular formula is C15H20N2O3S. The molecule has 6 heteroatoms. The van der Waals surface area contributed by atoms with Crippen LogP contribution >= 0.6 is 0 Å². The zero-order valence-electron chi connectivity index (χ0n) is 12.0. The van der Waals surface area contributed by atoms with E-state index in [0.717, 1.165) is 49.6 Å². The molecule has 114 valence electrons. The summed E-state index contributed by atoms with van der Waals surface area (Å²) in [7, 11) is -3.41. The van der Waals surface area contributed by atoms with Gasteiger partial charge >= 0.3 is 0 Å². The number of phenols is 1. The highest BCUT2D eigenvalue weighted by molar-refractivity contribution is 7.92. The Bertz CT molecular complexity index is 695. The monoisotopic (exact) mass is 308 g/mol. The second-order valence-corrected chi connectivity index (χ2v) is 7.47. The molecule has 0 radical (unpaired) electrons. The predicted molar refractivity (Wildman–Crippen MR) is 83.0 cm³/mol. The fraction of sp³-hybridized carbons (Fsp3) is 0.467. The molecule has 2 aliphatic rings. The first-order chi connectivity index (χ1) is 9.96. The van der Waals surface area contributed by atoms with Crippen molar-refractivity contribution in [3.63, 3.8) is 0 Å². The number of anilines is 1.